The van der Waals surface area contributed by atoms with Crippen molar-refractivity contribution in [3.63, 3.8) is 0 Å². The Morgan fingerprint density at radius 2 is 2.12 bits per heavy atom. The summed E-state index contributed by atoms with van der Waals surface area (Å²) >= 11 is 3.58. The van der Waals surface area contributed by atoms with Gasteiger partial charge in [-0.1, -0.05) is 34.1 Å². The highest BCUT2D eigenvalue weighted by Gasteiger charge is 2.33. The molecule has 0 radical (unpaired) electrons. The van der Waals surface area contributed by atoms with Crippen molar-refractivity contribution in [2.24, 2.45) is 5.41 Å². The Morgan fingerprint density at radius 1 is 1.31 bits per heavy atom. The van der Waals surface area contributed by atoms with E-state index in [4.69, 9.17) is 9.47 Å². The molecule has 1 aliphatic rings. The minimum absolute atomic E-state index is 0.286. The first-order valence-corrected chi connectivity index (χ1v) is 6.78. The van der Waals surface area contributed by atoms with Crippen LogP contribution in [-0.2, 0) is 4.74 Å². The third-order valence-corrected chi connectivity index (χ3v) is 4.30. The zero-order chi connectivity index (χ0) is 11.3. The molecule has 2 nitrogen and oxygen atoms in total. The zero-order valence-corrected chi connectivity index (χ0v) is 10.9. The van der Waals surface area contributed by atoms with Gasteiger partial charge >= 0.3 is 0 Å². The van der Waals surface area contributed by atoms with Gasteiger partial charge in [0.05, 0.1) is 13.2 Å². The van der Waals surface area contributed by atoms with Gasteiger partial charge in [0.2, 0.25) is 0 Å². The summed E-state index contributed by atoms with van der Waals surface area (Å²) in [5, 5.41) is 0.998. The van der Waals surface area contributed by atoms with Crippen LogP contribution < -0.4 is 4.74 Å². The Hall–Kier alpha value is -0.540. The summed E-state index contributed by atoms with van der Waals surface area (Å²) in [5.41, 5.74) is 0.286. The van der Waals surface area contributed by atoms with Crippen LogP contribution in [0, 0.1) is 5.41 Å². The highest BCUT2D eigenvalue weighted by Crippen LogP contribution is 2.34. The minimum Gasteiger partial charge on any atom is -0.494 e. The van der Waals surface area contributed by atoms with Crippen molar-refractivity contribution in [1.29, 1.82) is 0 Å². The topological polar surface area (TPSA) is 18.5 Å². The number of halogens is 1. The second kappa shape index (κ2) is 5.69. The summed E-state index contributed by atoms with van der Waals surface area (Å²) in [6, 6.07) is 9.97. The van der Waals surface area contributed by atoms with Crippen LogP contribution in [0.3, 0.4) is 0 Å². The van der Waals surface area contributed by atoms with E-state index in [9.17, 15) is 0 Å². The largest absolute Gasteiger partial charge is 0.494 e. The lowest BCUT2D eigenvalue weighted by Gasteiger charge is -2.24. The quantitative estimate of drug-likeness (QED) is 0.773. The third kappa shape index (κ3) is 2.98. The summed E-state index contributed by atoms with van der Waals surface area (Å²) in [7, 11) is 0. The van der Waals surface area contributed by atoms with Gasteiger partial charge in [-0.05, 0) is 25.0 Å². The van der Waals surface area contributed by atoms with Gasteiger partial charge in [0.25, 0.3) is 0 Å². The average molecular weight is 285 g/mol. The molecule has 0 spiro atoms. The number of ether oxygens (including phenoxy) is 2. The summed E-state index contributed by atoms with van der Waals surface area (Å²) in [6.45, 7) is 2.51. The van der Waals surface area contributed by atoms with Crippen LogP contribution in [0.1, 0.15) is 12.8 Å². The molecule has 1 unspecified atom stereocenters. The molecule has 1 aliphatic heterocycles. The predicted octanol–water partition coefficient (Wildman–Crippen LogP) is 3.26. The van der Waals surface area contributed by atoms with Crippen molar-refractivity contribution in [3.8, 4) is 5.75 Å². The van der Waals surface area contributed by atoms with Gasteiger partial charge < -0.3 is 9.47 Å². The molecular weight excluding hydrogens is 268 g/mol. The molecule has 1 fully saturated rings. The molecule has 0 aromatic heterocycles. The van der Waals surface area contributed by atoms with Crippen LogP contribution in [0.25, 0.3) is 0 Å². The number of benzene rings is 1. The summed E-state index contributed by atoms with van der Waals surface area (Å²) in [5.74, 6) is 0.950. The predicted molar refractivity (Wildman–Crippen MR) is 68.2 cm³/mol. The summed E-state index contributed by atoms with van der Waals surface area (Å²) in [6.07, 6.45) is 2.18. The fourth-order valence-corrected chi connectivity index (χ4v) is 2.64. The number of hydrogen-bond acceptors (Lipinski definition) is 2. The fraction of sp³-hybridized carbons (Fsp3) is 0.538. The zero-order valence-electron chi connectivity index (χ0n) is 9.32. The van der Waals surface area contributed by atoms with Crippen LogP contribution in [0.15, 0.2) is 30.3 Å². The van der Waals surface area contributed by atoms with E-state index in [-0.39, 0.29) is 5.41 Å². The lowest BCUT2D eigenvalue weighted by Crippen LogP contribution is -2.25. The van der Waals surface area contributed by atoms with Crippen molar-refractivity contribution in [3.05, 3.63) is 30.3 Å². The van der Waals surface area contributed by atoms with Crippen LogP contribution >= 0.6 is 15.9 Å². The van der Waals surface area contributed by atoms with Gasteiger partial charge in [-0.15, -0.1) is 0 Å². The molecule has 88 valence electrons. The first-order chi connectivity index (χ1) is 7.85. The Bertz CT molecular complexity index is 307. The number of hydrogen-bond donors (Lipinski definition) is 0. The van der Waals surface area contributed by atoms with Gasteiger partial charge in [-0.2, -0.15) is 0 Å². The molecule has 1 heterocycles. The number of rotatable bonds is 5. The smallest absolute Gasteiger partial charge is 0.119 e. The second-order valence-electron chi connectivity index (χ2n) is 4.35. The molecule has 0 aliphatic carbocycles. The van der Waals surface area contributed by atoms with Crippen molar-refractivity contribution < 1.29 is 9.47 Å². The average Bonchev–Trinajstić information content (AvgIpc) is 2.80. The standard InChI is InChI=1S/C13H17BrO2/c14-10-13(6-8-15-11-13)7-9-16-12-4-2-1-3-5-12/h1-5H,6-11H2. The van der Waals surface area contributed by atoms with Gasteiger partial charge in [0.15, 0.2) is 0 Å². The summed E-state index contributed by atoms with van der Waals surface area (Å²) in [4.78, 5) is 0. The lowest BCUT2D eigenvalue weighted by atomic mass is 9.87. The van der Waals surface area contributed by atoms with Crippen LogP contribution in [0.2, 0.25) is 0 Å². The SMILES string of the molecule is BrCC1(CCOc2ccccc2)CCOC1. The van der Waals surface area contributed by atoms with Gasteiger partial charge in [0.1, 0.15) is 5.75 Å². The molecule has 0 N–H and O–H groups in total. The monoisotopic (exact) mass is 284 g/mol. The van der Waals surface area contributed by atoms with Crippen LogP contribution in [0.5, 0.6) is 5.75 Å². The van der Waals surface area contributed by atoms with Crippen LogP contribution in [0.4, 0.5) is 0 Å². The number of alkyl halides is 1. The Kier molecular flexibility index (Phi) is 4.24. The maximum atomic E-state index is 5.72. The van der Waals surface area contributed by atoms with E-state index in [1.807, 2.05) is 30.3 Å². The maximum Gasteiger partial charge on any atom is 0.119 e. The third-order valence-electron chi connectivity index (χ3n) is 3.11. The highest BCUT2D eigenvalue weighted by molar-refractivity contribution is 9.09. The van der Waals surface area contributed by atoms with Gasteiger partial charge in [-0.3, -0.25) is 0 Å². The Morgan fingerprint density at radius 3 is 2.75 bits per heavy atom. The first kappa shape index (κ1) is 11.9. The molecule has 1 aromatic rings. The molecule has 0 bridgehead atoms. The van der Waals surface area contributed by atoms with Crippen molar-refractivity contribution >= 4 is 15.9 Å². The highest BCUT2D eigenvalue weighted by atomic mass is 79.9. The molecule has 0 saturated carbocycles. The van der Waals surface area contributed by atoms with Gasteiger partial charge in [-0.25, -0.2) is 0 Å². The van der Waals surface area contributed by atoms with E-state index >= 15 is 0 Å². The van der Waals surface area contributed by atoms with E-state index in [0.717, 1.165) is 43.7 Å². The molecule has 16 heavy (non-hydrogen) atoms. The van der Waals surface area contributed by atoms with Crippen LogP contribution in [-0.4, -0.2) is 25.2 Å². The second-order valence-corrected chi connectivity index (χ2v) is 4.91. The van der Waals surface area contributed by atoms with Gasteiger partial charge in [0, 0.05) is 17.4 Å². The van der Waals surface area contributed by atoms with Crippen molar-refractivity contribution in [1.82, 2.24) is 0 Å². The van der Waals surface area contributed by atoms with E-state index in [0.29, 0.717) is 0 Å². The molecular formula is C13H17BrO2. The molecule has 3 heteroatoms. The van der Waals surface area contributed by atoms with E-state index in [1.165, 1.54) is 0 Å². The first-order valence-electron chi connectivity index (χ1n) is 5.66. The van der Waals surface area contributed by atoms with E-state index < -0.39 is 0 Å². The molecule has 0 amide bonds. The minimum atomic E-state index is 0.286. The maximum absolute atomic E-state index is 5.72. The lowest BCUT2D eigenvalue weighted by molar-refractivity contribution is 0.144. The van der Waals surface area contributed by atoms with Crippen molar-refractivity contribution in [2.45, 2.75) is 12.8 Å². The Balaban J connectivity index is 1.79. The molecule has 2 rings (SSSR count). The number of para-hydroxylation sites is 1. The summed E-state index contributed by atoms with van der Waals surface area (Å²) < 4.78 is 11.2. The van der Waals surface area contributed by atoms with E-state index in [1.54, 1.807) is 0 Å². The van der Waals surface area contributed by atoms with E-state index in [2.05, 4.69) is 15.9 Å². The molecule has 1 saturated heterocycles. The molecule has 1 aromatic carbocycles. The fourth-order valence-electron chi connectivity index (χ4n) is 1.92. The Labute approximate surface area is 105 Å². The van der Waals surface area contributed by atoms with Crippen molar-refractivity contribution in [2.75, 3.05) is 25.2 Å². The molecule has 1 atom stereocenters. The normalized spacial score (nSPS) is 24.6.